The van der Waals surface area contributed by atoms with Crippen LogP contribution < -0.4 is 10.1 Å². The number of carbonyl (C=O) groups is 2. The number of nitrogens with zero attached hydrogens (tertiary/aromatic N) is 2. The summed E-state index contributed by atoms with van der Waals surface area (Å²) in [6.07, 6.45) is 1.67. The molecule has 0 unspecified atom stereocenters. The average molecular weight is 409 g/mol. The van der Waals surface area contributed by atoms with Crippen LogP contribution in [-0.4, -0.2) is 35.3 Å². The lowest BCUT2D eigenvalue weighted by molar-refractivity contribution is -0.118. The van der Waals surface area contributed by atoms with Crippen molar-refractivity contribution in [3.8, 4) is 17.2 Å². The van der Waals surface area contributed by atoms with E-state index < -0.39 is 11.9 Å². The van der Waals surface area contributed by atoms with Crippen molar-refractivity contribution in [1.29, 1.82) is 0 Å². The highest BCUT2D eigenvalue weighted by molar-refractivity contribution is 6.01. The fourth-order valence-corrected chi connectivity index (χ4v) is 2.69. The molecule has 8 nitrogen and oxygen atoms in total. The summed E-state index contributed by atoms with van der Waals surface area (Å²) in [5.41, 5.74) is 1.43. The van der Waals surface area contributed by atoms with E-state index in [0.717, 1.165) is 18.4 Å². The number of amides is 1. The van der Waals surface area contributed by atoms with Crippen LogP contribution in [0.15, 0.2) is 52.9 Å². The van der Waals surface area contributed by atoms with Crippen LogP contribution in [0, 0.1) is 0 Å². The van der Waals surface area contributed by atoms with Crippen LogP contribution in [0.5, 0.6) is 5.75 Å². The van der Waals surface area contributed by atoms with Gasteiger partial charge in [-0.25, -0.2) is 4.79 Å². The Morgan fingerprint density at radius 1 is 1.03 bits per heavy atom. The average Bonchev–Trinajstić information content (AvgIpc) is 3.22. The van der Waals surface area contributed by atoms with Gasteiger partial charge in [0.25, 0.3) is 5.91 Å². The van der Waals surface area contributed by atoms with Crippen LogP contribution in [-0.2, 0) is 16.0 Å². The highest BCUT2D eigenvalue weighted by Gasteiger charge is 2.14. The highest BCUT2D eigenvalue weighted by Crippen LogP contribution is 2.22. The van der Waals surface area contributed by atoms with Gasteiger partial charge in [0.05, 0.1) is 17.9 Å². The SMILES string of the molecule is CCCc1nnc(-c2ccc(OCC(=O)Nc3ccccc3C(=O)OCC)cc2)o1. The van der Waals surface area contributed by atoms with Crippen molar-refractivity contribution in [2.75, 3.05) is 18.5 Å². The summed E-state index contributed by atoms with van der Waals surface area (Å²) in [5.74, 6) is 0.678. The summed E-state index contributed by atoms with van der Waals surface area (Å²) < 4.78 is 16.1. The Labute approximate surface area is 174 Å². The second kappa shape index (κ2) is 10.2. The molecule has 3 rings (SSSR count). The topological polar surface area (TPSA) is 104 Å². The third-order valence-corrected chi connectivity index (χ3v) is 4.10. The number of carbonyl (C=O) groups excluding carboxylic acids is 2. The van der Waals surface area contributed by atoms with Gasteiger partial charge in [-0.05, 0) is 49.7 Å². The number of aryl methyl sites for hydroxylation is 1. The van der Waals surface area contributed by atoms with Crippen LogP contribution in [0.25, 0.3) is 11.5 Å². The zero-order chi connectivity index (χ0) is 21.3. The summed E-state index contributed by atoms with van der Waals surface area (Å²) in [5, 5.41) is 10.7. The lowest BCUT2D eigenvalue weighted by atomic mass is 10.2. The Hall–Kier alpha value is -3.68. The van der Waals surface area contributed by atoms with Crippen molar-refractivity contribution in [2.24, 2.45) is 0 Å². The predicted molar refractivity (Wildman–Crippen MR) is 110 cm³/mol. The number of anilines is 1. The number of esters is 1. The Morgan fingerprint density at radius 2 is 1.80 bits per heavy atom. The Morgan fingerprint density at radius 3 is 2.53 bits per heavy atom. The van der Waals surface area contributed by atoms with Gasteiger partial charge in [-0.3, -0.25) is 4.79 Å². The van der Waals surface area contributed by atoms with Crippen molar-refractivity contribution in [2.45, 2.75) is 26.7 Å². The number of para-hydroxylation sites is 1. The van der Waals surface area contributed by atoms with Crippen LogP contribution in [0.3, 0.4) is 0 Å². The second-order valence-corrected chi connectivity index (χ2v) is 6.38. The molecule has 8 heteroatoms. The maximum absolute atomic E-state index is 12.2. The summed E-state index contributed by atoms with van der Waals surface area (Å²) in [6, 6.07) is 13.7. The third-order valence-electron chi connectivity index (χ3n) is 4.10. The summed E-state index contributed by atoms with van der Waals surface area (Å²) in [6.45, 7) is 3.81. The third kappa shape index (κ3) is 5.44. The predicted octanol–water partition coefficient (Wildman–Crippen LogP) is 3.88. The number of ether oxygens (including phenoxy) is 2. The molecule has 1 aromatic heterocycles. The number of rotatable bonds is 9. The largest absolute Gasteiger partial charge is 0.484 e. The van der Waals surface area contributed by atoms with Crippen molar-refractivity contribution < 1.29 is 23.5 Å². The van der Waals surface area contributed by atoms with Gasteiger partial charge in [0.1, 0.15) is 5.75 Å². The minimum Gasteiger partial charge on any atom is -0.484 e. The van der Waals surface area contributed by atoms with E-state index in [4.69, 9.17) is 13.9 Å². The molecule has 0 aliphatic heterocycles. The monoisotopic (exact) mass is 409 g/mol. The van der Waals surface area contributed by atoms with Crippen molar-refractivity contribution in [3.63, 3.8) is 0 Å². The molecular formula is C22H23N3O5. The summed E-state index contributed by atoms with van der Waals surface area (Å²) in [7, 11) is 0. The lowest BCUT2D eigenvalue weighted by Crippen LogP contribution is -2.22. The fourth-order valence-electron chi connectivity index (χ4n) is 2.69. The first-order valence-electron chi connectivity index (χ1n) is 9.72. The Kier molecular flexibility index (Phi) is 7.15. The molecule has 0 aliphatic carbocycles. The first-order valence-corrected chi connectivity index (χ1v) is 9.72. The van der Waals surface area contributed by atoms with E-state index in [9.17, 15) is 9.59 Å². The summed E-state index contributed by atoms with van der Waals surface area (Å²) in [4.78, 5) is 24.2. The van der Waals surface area contributed by atoms with Gasteiger partial charge in [-0.2, -0.15) is 0 Å². The quantitative estimate of drug-likeness (QED) is 0.535. The lowest BCUT2D eigenvalue weighted by Gasteiger charge is -2.11. The molecule has 1 amide bonds. The van der Waals surface area contributed by atoms with Crippen LogP contribution in [0.2, 0.25) is 0 Å². The fraction of sp³-hybridized carbons (Fsp3) is 0.273. The molecule has 1 heterocycles. The molecule has 0 saturated carbocycles. The van der Waals surface area contributed by atoms with Gasteiger partial charge < -0.3 is 19.2 Å². The smallest absolute Gasteiger partial charge is 0.340 e. The molecule has 0 saturated heterocycles. The molecule has 0 aliphatic rings. The summed E-state index contributed by atoms with van der Waals surface area (Å²) >= 11 is 0. The first-order chi connectivity index (χ1) is 14.6. The minimum atomic E-state index is -0.493. The Balaban J connectivity index is 1.57. The second-order valence-electron chi connectivity index (χ2n) is 6.38. The minimum absolute atomic E-state index is 0.211. The zero-order valence-electron chi connectivity index (χ0n) is 16.9. The van der Waals surface area contributed by atoms with Crippen LogP contribution >= 0.6 is 0 Å². The molecule has 3 aromatic rings. The first kappa shape index (κ1) is 21.0. The molecule has 156 valence electrons. The van der Waals surface area contributed by atoms with Gasteiger partial charge in [0.15, 0.2) is 6.61 Å². The van der Waals surface area contributed by atoms with Crippen molar-refractivity contribution >= 4 is 17.6 Å². The number of nitrogens with one attached hydrogen (secondary N) is 1. The zero-order valence-corrected chi connectivity index (χ0v) is 16.9. The van der Waals surface area contributed by atoms with E-state index in [0.29, 0.717) is 28.8 Å². The van der Waals surface area contributed by atoms with Crippen LogP contribution in [0.4, 0.5) is 5.69 Å². The van der Waals surface area contributed by atoms with Gasteiger partial charge >= 0.3 is 5.97 Å². The van der Waals surface area contributed by atoms with Crippen molar-refractivity contribution in [1.82, 2.24) is 10.2 Å². The van der Waals surface area contributed by atoms with Gasteiger partial charge in [0, 0.05) is 12.0 Å². The molecule has 2 aromatic carbocycles. The normalized spacial score (nSPS) is 10.5. The Bertz CT molecular complexity index is 998. The van der Waals surface area contributed by atoms with Crippen LogP contribution in [0.1, 0.15) is 36.5 Å². The van der Waals surface area contributed by atoms with Crippen molar-refractivity contribution in [3.05, 3.63) is 60.0 Å². The van der Waals surface area contributed by atoms with E-state index in [1.54, 1.807) is 55.5 Å². The molecule has 1 N–H and O–H groups in total. The maximum atomic E-state index is 12.2. The van der Waals surface area contributed by atoms with Gasteiger partial charge in [-0.1, -0.05) is 19.1 Å². The number of benzene rings is 2. The molecule has 0 bridgehead atoms. The molecule has 0 radical (unpaired) electrons. The highest BCUT2D eigenvalue weighted by atomic mass is 16.5. The molecule has 0 atom stereocenters. The van der Waals surface area contributed by atoms with E-state index in [-0.39, 0.29) is 13.2 Å². The molecule has 30 heavy (non-hydrogen) atoms. The van der Waals surface area contributed by atoms with Gasteiger partial charge in [0.2, 0.25) is 11.8 Å². The maximum Gasteiger partial charge on any atom is 0.340 e. The van der Waals surface area contributed by atoms with E-state index >= 15 is 0 Å². The number of hydrogen-bond donors (Lipinski definition) is 1. The number of aromatic nitrogens is 2. The van der Waals surface area contributed by atoms with E-state index in [2.05, 4.69) is 15.5 Å². The molecule has 0 spiro atoms. The standard InChI is InChI=1S/C22H23N3O5/c1-3-7-20-24-25-21(30-20)15-10-12-16(13-11-15)29-14-19(26)23-18-9-6-5-8-17(18)22(27)28-4-2/h5-6,8-13H,3-4,7,14H2,1-2H3,(H,23,26). The number of hydrogen-bond acceptors (Lipinski definition) is 7. The molecule has 0 fully saturated rings. The van der Waals surface area contributed by atoms with E-state index in [1.807, 2.05) is 6.92 Å². The van der Waals surface area contributed by atoms with Gasteiger partial charge in [-0.15, -0.1) is 10.2 Å². The van der Waals surface area contributed by atoms with E-state index in [1.165, 1.54) is 0 Å². The molecular weight excluding hydrogens is 386 g/mol.